The van der Waals surface area contributed by atoms with E-state index in [0.717, 1.165) is 28.0 Å². The third-order valence-electron chi connectivity index (χ3n) is 4.24. The van der Waals surface area contributed by atoms with Gasteiger partial charge < -0.3 is 10.1 Å². The number of aryl methyl sites for hydroxylation is 2. The first-order valence-electron chi connectivity index (χ1n) is 9.04. The Morgan fingerprint density at radius 2 is 1.75 bits per heavy atom. The van der Waals surface area contributed by atoms with E-state index in [0.29, 0.717) is 17.3 Å². The molecule has 3 aromatic rings. The van der Waals surface area contributed by atoms with E-state index in [1.165, 1.54) is 6.08 Å². The molecule has 0 aliphatic rings. The van der Waals surface area contributed by atoms with E-state index in [-0.39, 0.29) is 5.91 Å². The normalized spacial score (nSPS) is 10.8. The number of anilines is 1. The number of hydrogen-bond donors (Lipinski definition) is 1. The molecular formula is C24H22ClNO2. The van der Waals surface area contributed by atoms with Gasteiger partial charge in [-0.2, -0.15) is 0 Å². The lowest BCUT2D eigenvalue weighted by molar-refractivity contribution is -0.111. The summed E-state index contributed by atoms with van der Waals surface area (Å²) < 4.78 is 5.77. The Labute approximate surface area is 170 Å². The second-order valence-electron chi connectivity index (χ2n) is 6.60. The summed E-state index contributed by atoms with van der Waals surface area (Å²) in [6, 6.07) is 21.4. The smallest absolute Gasteiger partial charge is 0.248 e. The molecule has 3 aromatic carbocycles. The molecule has 0 unspecified atom stereocenters. The summed E-state index contributed by atoms with van der Waals surface area (Å²) in [4.78, 5) is 12.2. The van der Waals surface area contributed by atoms with Crippen LogP contribution in [0.2, 0.25) is 5.02 Å². The summed E-state index contributed by atoms with van der Waals surface area (Å²) in [6.07, 6.45) is 3.25. The maximum atomic E-state index is 12.2. The topological polar surface area (TPSA) is 38.3 Å². The molecule has 1 amide bonds. The zero-order valence-corrected chi connectivity index (χ0v) is 16.7. The number of hydrogen-bond acceptors (Lipinski definition) is 2. The SMILES string of the molecule is Cc1cc(C)c(NC(=O)/C=C/c2ccc(OCc3ccccc3)cc2)c(Cl)c1. The van der Waals surface area contributed by atoms with Crippen molar-refractivity contribution in [1.82, 2.24) is 0 Å². The predicted molar refractivity (Wildman–Crippen MR) is 116 cm³/mol. The molecule has 0 atom stereocenters. The van der Waals surface area contributed by atoms with Crippen molar-refractivity contribution in [2.75, 3.05) is 5.32 Å². The Morgan fingerprint density at radius 1 is 1.04 bits per heavy atom. The number of ether oxygens (including phenoxy) is 1. The molecule has 0 aromatic heterocycles. The average Bonchev–Trinajstić information content (AvgIpc) is 2.69. The fraction of sp³-hybridized carbons (Fsp3) is 0.125. The lowest BCUT2D eigenvalue weighted by Crippen LogP contribution is -2.09. The fourth-order valence-electron chi connectivity index (χ4n) is 2.83. The molecule has 0 saturated heterocycles. The molecule has 28 heavy (non-hydrogen) atoms. The van der Waals surface area contributed by atoms with Gasteiger partial charge in [-0.3, -0.25) is 4.79 Å². The van der Waals surface area contributed by atoms with Gasteiger partial charge in [-0.25, -0.2) is 0 Å². The maximum Gasteiger partial charge on any atom is 0.248 e. The van der Waals surface area contributed by atoms with Gasteiger partial charge in [0, 0.05) is 6.08 Å². The van der Waals surface area contributed by atoms with E-state index in [1.54, 1.807) is 6.08 Å². The van der Waals surface area contributed by atoms with Crippen molar-refractivity contribution in [3.05, 3.63) is 100 Å². The Balaban J connectivity index is 1.57. The van der Waals surface area contributed by atoms with Gasteiger partial charge in [-0.15, -0.1) is 0 Å². The molecule has 1 N–H and O–H groups in total. The maximum absolute atomic E-state index is 12.2. The first kappa shape index (κ1) is 19.7. The molecule has 0 aliphatic carbocycles. The molecule has 0 bridgehead atoms. The second kappa shape index (κ2) is 9.25. The Kier molecular flexibility index (Phi) is 6.51. The highest BCUT2D eigenvalue weighted by molar-refractivity contribution is 6.34. The molecule has 0 saturated carbocycles. The average molecular weight is 392 g/mol. The van der Waals surface area contributed by atoms with E-state index < -0.39 is 0 Å². The largest absolute Gasteiger partial charge is 0.489 e. The van der Waals surface area contributed by atoms with Crippen LogP contribution in [0.25, 0.3) is 6.08 Å². The first-order valence-corrected chi connectivity index (χ1v) is 9.41. The molecule has 4 heteroatoms. The summed E-state index contributed by atoms with van der Waals surface area (Å²) in [7, 11) is 0. The van der Waals surface area contributed by atoms with Crippen molar-refractivity contribution in [2.24, 2.45) is 0 Å². The van der Waals surface area contributed by atoms with Crippen molar-refractivity contribution in [3.8, 4) is 5.75 Å². The van der Waals surface area contributed by atoms with Crippen molar-refractivity contribution in [3.63, 3.8) is 0 Å². The molecule has 0 fully saturated rings. The van der Waals surface area contributed by atoms with Gasteiger partial charge in [-0.05, 0) is 60.4 Å². The van der Waals surface area contributed by atoms with Crippen LogP contribution in [0.3, 0.4) is 0 Å². The number of halogens is 1. The van der Waals surface area contributed by atoms with E-state index in [9.17, 15) is 4.79 Å². The van der Waals surface area contributed by atoms with Crippen molar-refractivity contribution < 1.29 is 9.53 Å². The highest BCUT2D eigenvalue weighted by atomic mass is 35.5. The van der Waals surface area contributed by atoms with Gasteiger partial charge in [0.2, 0.25) is 5.91 Å². The standard InChI is InChI=1S/C24H22ClNO2/c1-17-14-18(2)24(22(25)15-17)26-23(27)13-10-19-8-11-21(12-9-19)28-16-20-6-4-3-5-7-20/h3-15H,16H2,1-2H3,(H,26,27)/b13-10+. The van der Waals surface area contributed by atoms with E-state index in [4.69, 9.17) is 16.3 Å². The van der Waals surface area contributed by atoms with Gasteiger partial charge >= 0.3 is 0 Å². The van der Waals surface area contributed by atoms with Gasteiger partial charge in [0.25, 0.3) is 0 Å². The van der Waals surface area contributed by atoms with Crippen LogP contribution in [0.15, 0.2) is 72.8 Å². The van der Waals surface area contributed by atoms with Gasteiger partial charge in [0.1, 0.15) is 12.4 Å². The van der Waals surface area contributed by atoms with Crippen LogP contribution in [0.4, 0.5) is 5.69 Å². The lowest BCUT2D eigenvalue weighted by atomic mass is 10.1. The first-order chi connectivity index (χ1) is 13.5. The van der Waals surface area contributed by atoms with Crippen molar-refractivity contribution in [1.29, 1.82) is 0 Å². The van der Waals surface area contributed by atoms with Gasteiger partial charge in [-0.1, -0.05) is 60.1 Å². The van der Waals surface area contributed by atoms with Crippen LogP contribution in [0, 0.1) is 13.8 Å². The molecule has 0 radical (unpaired) electrons. The minimum Gasteiger partial charge on any atom is -0.489 e. The Morgan fingerprint density at radius 3 is 2.43 bits per heavy atom. The van der Waals surface area contributed by atoms with E-state index >= 15 is 0 Å². The highest BCUT2D eigenvalue weighted by Gasteiger charge is 2.07. The number of carbonyl (C=O) groups is 1. The molecule has 0 spiro atoms. The lowest BCUT2D eigenvalue weighted by Gasteiger charge is -2.10. The summed E-state index contributed by atoms with van der Waals surface area (Å²) >= 11 is 6.23. The number of benzene rings is 3. The van der Waals surface area contributed by atoms with Crippen LogP contribution < -0.4 is 10.1 Å². The molecule has 0 aliphatic heterocycles. The summed E-state index contributed by atoms with van der Waals surface area (Å²) in [5.41, 5.74) is 4.67. The van der Waals surface area contributed by atoms with Gasteiger partial charge in [0.05, 0.1) is 10.7 Å². The van der Waals surface area contributed by atoms with Crippen LogP contribution in [-0.4, -0.2) is 5.91 Å². The van der Waals surface area contributed by atoms with Gasteiger partial charge in [0.15, 0.2) is 0 Å². The van der Waals surface area contributed by atoms with Crippen LogP contribution in [0.1, 0.15) is 22.3 Å². The Hall–Kier alpha value is -3.04. The van der Waals surface area contributed by atoms with E-state index in [1.807, 2.05) is 80.6 Å². The quantitative estimate of drug-likeness (QED) is 0.509. The zero-order valence-electron chi connectivity index (χ0n) is 15.9. The van der Waals surface area contributed by atoms with Crippen LogP contribution in [-0.2, 0) is 11.4 Å². The third-order valence-corrected chi connectivity index (χ3v) is 4.53. The molecular weight excluding hydrogens is 370 g/mol. The third kappa shape index (κ3) is 5.48. The number of rotatable bonds is 6. The number of amides is 1. The monoisotopic (exact) mass is 391 g/mol. The molecule has 0 heterocycles. The predicted octanol–water partition coefficient (Wildman–Crippen LogP) is 6.19. The molecule has 3 rings (SSSR count). The highest BCUT2D eigenvalue weighted by Crippen LogP contribution is 2.27. The Bertz CT molecular complexity index is 956. The minimum absolute atomic E-state index is 0.224. The second-order valence-corrected chi connectivity index (χ2v) is 7.01. The summed E-state index contributed by atoms with van der Waals surface area (Å²) in [5.74, 6) is 0.561. The zero-order chi connectivity index (χ0) is 19.9. The number of carbonyl (C=O) groups excluding carboxylic acids is 1. The minimum atomic E-state index is -0.224. The summed E-state index contributed by atoms with van der Waals surface area (Å²) in [6.45, 7) is 4.42. The molecule has 142 valence electrons. The summed E-state index contributed by atoms with van der Waals surface area (Å²) in [5, 5.41) is 3.38. The molecule has 3 nitrogen and oxygen atoms in total. The van der Waals surface area contributed by atoms with E-state index in [2.05, 4.69) is 5.32 Å². The fourth-order valence-corrected chi connectivity index (χ4v) is 3.20. The number of nitrogens with one attached hydrogen (secondary N) is 1. The van der Waals surface area contributed by atoms with Crippen LogP contribution >= 0.6 is 11.6 Å². The van der Waals surface area contributed by atoms with Crippen LogP contribution in [0.5, 0.6) is 5.75 Å². The van der Waals surface area contributed by atoms with Crippen molar-refractivity contribution >= 4 is 29.3 Å². The van der Waals surface area contributed by atoms with Crippen molar-refractivity contribution in [2.45, 2.75) is 20.5 Å².